The van der Waals surface area contributed by atoms with Crippen LogP contribution in [0, 0.1) is 5.92 Å². The average molecular weight is 739 g/mol. The first-order valence-electron chi connectivity index (χ1n) is 17.7. The maximum Gasteiger partial charge on any atom is 0.416 e. The van der Waals surface area contributed by atoms with Crippen molar-refractivity contribution in [2.75, 3.05) is 57.2 Å². The third-order valence-electron chi connectivity index (χ3n) is 7.51. The van der Waals surface area contributed by atoms with Gasteiger partial charge in [0.05, 0.1) is 30.9 Å². The Balaban J connectivity index is 0.000000696. The molecule has 1 aliphatic heterocycles. The molecule has 2 aromatic carbocycles. The second kappa shape index (κ2) is 30.5. The summed E-state index contributed by atoms with van der Waals surface area (Å²) in [7, 11) is 3.68. The van der Waals surface area contributed by atoms with E-state index in [-0.39, 0.29) is 18.1 Å². The van der Waals surface area contributed by atoms with Crippen LogP contribution in [0.25, 0.3) is 0 Å². The minimum Gasteiger partial charge on any atom is -0.393 e. The van der Waals surface area contributed by atoms with Gasteiger partial charge in [0.15, 0.2) is 0 Å². The molecule has 0 saturated carbocycles. The van der Waals surface area contributed by atoms with E-state index < -0.39 is 11.7 Å². The standard InChI is InChI=1S/C13H16F3NOS.C11H16N2O.C11H20O.C4H9NO/c14-13(15,16)11-6-5-7-12(10-11)19-17-8-3-1-2-4-9-18;1-12-10-2-4-11(5-3-10)13-6-8-14-9-7-13;1-4-6-7-9-11(8-5-2)10(3)12;1-4(3-6)5-2/h5-7,9-10,17H,1-4,8H2;2-5,12H,6-9H2,1H3;5-8,10-12H,4,9H2,1-3H3;3-5H,1-2H3/b;;7-6+,8-5-;. The van der Waals surface area contributed by atoms with Gasteiger partial charge in [-0.3, -0.25) is 4.72 Å². The van der Waals surface area contributed by atoms with E-state index >= 15 is 0 Å². The van der Waals surface area contributed by atoms with E-state index in [2.05, 4.69) is 69.7 Å². The molecule has 3 unspecified atom stereocenters. The molecule has 0 radical (unpaired) electrons. The zero-order valence-electron chi connectivity index (χ0n) is 31.3. The quantitative estimate of drug-likeness (QED) is 0.0552. The van der Waals surface area contributed by atoms with Crippen LogP contribution in [-0.4, -0.2) is 76.8 Å². The number of anilines is 2. The van der Waals surface area contributed by atoms with E-state index in [1.807, 2.05) is 27.0 Å². The van der Waals surface area contributed by atoms with Crippen LogP contribution < -0.4 is 20.3 Å². The van der Waals surface area contributed by atoms with Crippen molar-refractivity contribution in [2.24, 2.45) is 5.92 Å². The fourth-order valence-electron chi connectivity index (χ4n) is 4.30. The molecule has 1 saturated heterocycles. The number of aldehydes is 2. The van der Waals surface area contributed by atoms with Crippen LogP contribution in [0.3, 0.4) is 0 Å². The Bertz CT molecular complexity index is 1210. The van der Waals surface area contributed by atoms with Crippen molar-refractivity contribution >= 4 is 35.9 Å². The van der Waals surface area contributed by atoms with Gasteiger partial charge >= 0.3 is 6.18 Å². The van der Waals surface area contributed by atoms with E-state index in [4.69, 9.17) is 4.74 Å². The van der Waals surface area contributed by atoms with Crippen molar-refractivity contribution in [3.63, 3.8) is 0 Å². The van der Waals surface area contributed by atoms with Gasteiger partial charge in [-0.15, -0.1) is 0 Å². The monoisotopic (exact) mass is 738 g/mol. The van der Waals surface area contributed by atoms with Crippen molar-refractivity contribution in [3.05, 3.63) is 78.4 Å². The molecule has 0 aliphatic carbocycles. The van der Waals surface area contributed by atoms with E-state index in [1.165, 1.54) is 23.7 Å². The molecule has 288 valence electrons. The maximum atomic E-state index is 12.5. The number of halogens is 3. The van der Waals surface area contributed by atoms with Crippen molar-refractivity contribution in [1.29, 1.82) is 0 Å². The number of ether oxygens (including phenoxy) is 1. The second-order valence-corrected chi connectivity index (χ2v) is 12.7. The highest BCUT2D eigenvalue weighted by molar-refractivity contribution is 7.97. The van der Waals surface area contributed by atoms with Gasteiger partial charge in [-0.1, -0.05) is 43.7 Å². The van der Waals surface area contributed by atoms with Gasteiger partial charge in [0.25, 0.3) is 0 Å². The summed E-state index contributed by atoms with van der Waals surface area (Å²) in [5.74, 6) is 0.276. The lowest BCUT2D eigenvalue weighted by Gasteiger charge is -2.28. The average Bonchev–Trinajstić information content (AvgIpc) is 3.14. The Morgan fingerprint density at radius 1 is 1.00 bits per heavy atom. The third-order valence-corrected chi connectivity index (χ3v) is 8.35. The fraction of sp³-hybridized carbons (Fsp3) is 0.538. The molecule has 1 heterocycles. The van der Waals surface area contributed by atoms with Crippen LogP contribution in [0.15, 0.2) is 77.7 Å². The Morgan fingerprint density at radius 2 is 1.69 bits per heavy atom. The predicted octanol–water partition coefficient (Wildman–Crippen LogP) is 8.34. The number of allylic oxidation sites excluding steroid dienone is 3. The first-order chi connectivity index (χ1) is 24.5. The molecular formula is C39H61F3N4O4S. The summed E-state index contributed by atoms with van der Waals surface area (Å²) in [6.07, 6.45) is 10.8. The number of aliphatic hydroxyl groups is 1. The van der Waals surface area contributed by atoms with Crippen molar-refractivity contribution in [3.8, 4) is 0 Å². The van der Waals surface area contributed by atoms with Crippen LogP contribution in [0.5, 0.6) is 0 Å². The summed E-state index contributed by atoms with van der Waals surface area (Å²) in [6.45, 7) is 12.1. The molecule has 3 atom stereocenters. The molecule has 8 nitrogen and oxygen atoms in total. The van der Waals surface area contributed by atoms with Crippen LogP contribution in [0.1, 0.15) is 71.8 Å². The summed E-state index contributed by atoms with van der Waals surface area (Å²) in [5, 5.41) is 15.2. The van der Waals surface area contributed by atoms with Gasteiger partial charge in [0, 0.05) is 55.3 Å². The minimum absolute atomic E-state index is 0.00463. The highest BCUT2D eigenvalue weighted by Crippen LogP contribution is 2.31. The summed E-state index contributed by atoms with van der Waals surface area (Å²) >= 11 is 1.19. The van der Waals surface area contributed by atoms with Crippen LogP contribution in [-0.2, 0) is 20.5 Å². The fourth-order valence-corrected chi connectivity index (χ4v) is 5.05. The molecule has 2 aromatic rings. The number of nitrogens with one attached hydrogen (secondary N) is 3. The Hall–Kier alpha value is -3.16. The summed E-state index contributed by atoms with van der Waals surface area (Å²) in [4.78, 5) is 22.6. The van der Waals surface area contributed by atoms with Gasteiger partial charge in [0.1, 0.15) is 12.6 Å². The van der Waals surface area contributed by atoms with E-state index in [0.29, 0.717) is 17.9 Å². The molecule has 0 amide bonds. The lowest BCUT2D eigenvalue weighted by molar-refractivity contribution is -0.137. The minimum atomic E-state index is -4.30. The number of hydrogen-bond acceptors (Lipinski definition) is 9. The number of hydrogen-bond donors (Lipinski definition) is 4. The zero-order valence-corrected chi connectivity index (χ0v) is 32.1. The molecule has 51 heavy (non-hydrogen) atoms. The molecule has 0 spiro atoms. The predicted molar refractivity (Wildman–Crippen MR) is 207 cm³/mol. The van der Waals surface area contributed by atoms with Crippen LogP contribution in [0.4, 0.5) is 24.5 Å². The number of rotatable bonds is 17. The van der Waals surface area contributed by atoms with Gasteiger partial charge in [-0.05, 0) is 108 Å². The SMILES string of the molecule is C/C=C\C(C/C=C/CC)C(C)O.CNC(C)C=O.CNc1ccc(N2CCOCC2)cc1.O=CCCCCCNSc1cccc(C(F)(F)F)c1. The highest BCUT2D eigenvalue weighted by atomic mass is 32.2. The molecule has 12 heteroatoms. The first kappa shape index (κ1) is 47.8. The third kappa shape index (κ3) is 24.6. The number of alkyl halides is 3. The summed E-state index contributed by atoms with van der Waals surface area (Å²) < 4.78 is 45.7. The summed E-state index contributed by atoms with van der Waals surface area (Å²) in [5.41, 5.74) is 1.81. The van der Waals surface area contributed by atoms with Gasteiger partial charge < -0.3 is 35.0 Å². The molecule has 1 aliphatic rings. The smallest absolute Gasteiger partial charge is 0.393 e. The van der Waals surface area contributed by atoms with E-state index in [9.17, 15) is 27.9 Å². The number of carbonyl (C=O) groups excluding carboxylic acids is 2. The Kier molecular flexibility index (Phi) is 28.6. The topological polar surface area (TPSA) is 103 Å². The Labute approximate surface area is 308 Å². The van der Waals surface area contributed by atoms with E-state index in [0.717, 1.165) is 88.8 Å². The lowest BCUT2D eigenvalue weighted by Crippen LogP contribution is -2.36. The number of benzene rings is 2. The number of carbonyl (C=O) groups is 2. The second-order valence-electron chi connectivity index (χ2n) is 11.7. The number of aliphatic hydroxyl groups excluding tert-OH is 1. The van der Waals surface area contributed by atoms with Gasteiger partial charge in [-0.25, -0.2) is 0 Å². The molecule has 0 aromatic heterocycles. The zero-order chi connectivity index (χ0) is 38.3. The molecule has 4 N–H and O–H groups in total. The number of likely N-dealkylation sites (N-methyl/N-ethyl adjacent to an activating group) is 1. The van der Waals surface area contributed by atoms with Crippen LogP contribution in [0.2, 0.25) is 0 Å². The number of morpholine rings is 1. The van der Waals surface area contributed by atoms with Gasteiger partial charge in [0.2, 0.25) is 0 Å². The maximum absolute atomic E-state index is 12.5. The van der Waals surface area contributed by atoms with Crippen molar-refractivity contribution in [1.82, 2.24) is 10.0 Å². The molecule has 0 bridgehead atoms. The largest absolute Gasteiger partial charge is 0.416 e. The van der Waals surface area contributed by atoms with Crippen molar-refractivity contribution < 1.29 is 32.6 Å². The number of unbranched alkanes of at least 4 members (excludes halogenated alkanes) is 3. The van der Waals surface area contributed by atoms with Crippen LogP contribution >= 0.6 is 11.9 Å². The number of nitrogens with zero attached hydrogens (tertiary/aromatic N) is 1. The van der Waals surface area contributed by atoms with E-state index in [1.54, 1.807) is 20.0 Å². The first-order valence-corrected chi connectivity index (χ1v) is 18.5. The van der Waals surface area contributed by atoms with Gasteiger partial charge in [-0.2, -0.15) is 13.2 Å². The molecule has 1 fully saturated rings. The normalized spacial score (nSPS) is 14.6. The molecular weight excluding hydrogens is 678 g/mol. The Morgan fingerprint density at radius 3 is 2.20 bits per heavy atom. The van der Waals surface area contributed by atoms with Crippen molar-refractivity contribution in [2.45, 2.75) is 89.4 Å². The summed E-state index contributed by atoms with van der Waals surface area (Å²) in [6, 6.07) is 13.7. The highest BCUT2D eigenvalue weighted by Gasteiger charge is 2.30. The molecule has 3 rings (SSSR count). The lowest BCUT2D eigenvalue weighted by atomic mass is 9.99.